The molecule has 19 heavy (non-hydrogen) atoms. The second-order valence-corrected chi connectivity index (χ2v) is 5.27. The van der Waals surface area contributed by atoms with E-state index in [9.17, 15) is 4.79 Å². The van der Waals surface area contributed by atoms with E-state index < -0.39 is 0 Å². The Morgan fingerprint density at radius 3 is 2.79 bits per heavy atom. The molecule has 0 spiro atoms. The van der Waals surface area contributed by atoms with Crippen LogP contribution in [0.5, 0.6) is 0 Å². The van der Waals surface area contributed by atoms with Gasteiger partial charge in [-0.15, -0.1) is 0 Å². The molecule has 1 aliphatic heterocycles. The van der Waals surface area contributed by atoms with Crippen molar-refractivity contribution in [3.8, 4) is 0 Å². The summed E-state index contributed by atoms with van der Waals surface area (Å²) in [5, 5.41) is 8.31. The maximum Gasteiger partial charge on any atom is 0.219 e. The van der Waals surface area contributed by atoms with Crippen LogP contribution in [0.15, 0.2) is 35.1 Å². The number of nitrogens with zero attached hydrogens (tertiary/aromatic N) is 1. The van der Waals surface area contributed by atoms with Crippen molar-refractivity contribution in [2.45, 2.75) is 26.7 Å². The van der Waals surface area contributed by atoms with Crippen LogP contribution in [-0.2, 0) is 4.79 Å². The predicted molar refractivity (Wildman–Crippen MR) is 76.8 cm³/mol. The molecule has 1 unspecified atom stereocenters. The lowest BCUT2D eigenvalue weighted by Crippen LogP contribution is -2.34. The third kappa shape index (κ3) is 2.95. The Labute approximate surface area is 114 Å². The average molecular weight is 259 g/mol. The predicted octanol–water partition coefficient (Wildman–Crippen LogP) is 1.99. The van der Waals surface area contributed by atoms with E-state index in [0.717, 1.165) is 24.0 Å². The monoisotopic (exact) mass is 259 g/mol. The number of carbonyl (C=O) groups excluding carboxylic acids is 1. The Hall–Kier alpha value is -1.84. The highest BCUT2D eigenvalue weighted by molar-refractivity contribution is 6.13. The lowest BCUT2D eigenvalue weighted by atomic mass is 9.88. The number of amides is 1. The van der Waals surface area contributed by atoms with E-state index in [-0.39, 0.29) is 5.91 Å². The quantitative estimate of drug-likeness (QED) is 0.745. The van der Waals surface area contributed by atoms with Crippen molar-refractivity contribution < 1.29 is 4.79 Å². The number of nitrogens with two attached hydrogens (primary N) is 1. The van der Waals surface area contributed by atoms with Crippen LogP contribution in [-0.4, -0.2) is 29.6 Å². The van der Waals surface area contributed by atoms with E-state index in [1.54, 1.807) is 11.8 Å². The molecule has 3 N–H and O–H groups in total. The number of nitrogens with one attached hydrogen (secondary N) is 1. The molecule has 0 saturated heterocycles. The zero-order valence-corrected chi connectivity index (χ0v) is 11.6. The zero-order valence-electron chi connectivity index (χ0n) is 11.6. The fraction of sp³-hybridized carbons (Fsp3) is 0.467. The van der Waals surface area contributed by atoms with Crippen LogP contribution in [0.1, 0.15) is 26.7 Å². The molecule has 1 aliphatic carbocycles. The highest BCUT2D eigenvalue weighted by atomic mass is 16.2. The van der Waals surface area contributed by atoms with E-state index in [0.29, 0.717) is 30.4 Å². The second kappa shape index (κ2) is 5.43. The smallest absolute Gasteiger partial charge is 0.219 e. The zero-order chi connectivity index (χ0) is 14.0. The summed E-state index contributed by atoms with van der Waals surface area (Å²) in [5.41, 5.74) is 9.05. The van der Waals surface area contributed by atoms with E-state index in [2.05, 4.69) is 13.0 Å². The van der Waals surface area contributed by atoms with Gasteiger partial charge in [0.15, 0.2) is 0 Å². The lowest BCUT2D eigenvalue weighted by molar-refractivity contribution is -0.128. The fourth-order valence-corrected chi connectivity index (χ4v) is 2.45. The summed E-state index contributed by atoms with van der Waals surface area (Å²) >= 11 is 0. The molecule has 0 aromatic carbocycles. The van der Waals surface area contributed by atoms with Gasteiger partial charge in [0.05, 0.1) is 5.71 Å². The van der Waals surface area contributed by atoms with Crippen LogP contribution in [0.3, 0.4) is 0 Å². The molecule has 0 saturated carbocycles. The first-order valence-corrected chi connectivity index (χ1v) is 6.70. The minimum atomic E-state index is 0.0896. The number of hydrogen-bond donors (Lipinski definition) is 2. The Kier molecular flexibility index (Phi) is 3.88. The first-order valence-electron chi connectivity index (χ1n) is 6.70. The van der Waals surface area contributed by atoms with Crippen LogP contribution in [0.4, 0.5) is 0 Å². The molecule has 4 nitrogen and oxygen atoms in total. The highest BCUT2D eigenvalue weighted by Gasteiger charge is 2.21. The average Bonchev–Trinajstić information content (AvgIpc) is 2.41. The van der Waals surface area contributed by atoms with Gasteiger partial charge in [-0.25, -0.2) is 0 Å². The Morgan fingerprint density at radius 1 is 1.47 bits per heavy atom. The standard InChI is InChI=1S/C15H21N3O/c1-10-3-4-14(16)13(9-10)15(17)12-5-7-18(8-6-12)11(2)19/h4-5,9-10,17H,3,6-8,16H2,1-2H3. The van der Waals surface area contributed by atoms with E-state index in [4.69, 9.17) is 11.1 Å². The largest absolute Gasteiger partial charge is 0.398 e. The molecule has 0 aromatic heterocycles. The van der Waals surface area contributed by atoms with Crippen LogP contribution < -0.4 is 5.73 Å². The van der Waals surface area contributed by atoms with Gasteiger partial charge >= 0.3 is 0 Å². The minimum Gasteiger partial charge on any atom is -0.398 e. The number of allylic oxidation sites excluding steroid dienone is 3. The van der Waals surface area contributed by atoms with E-state index in [1.807, 2.05) is 12.2 Å². The molecule has 1 amide bonds. The molecule has 4 heteroatoms. The summed E-state index contributed by atoms with van der Waals surface area (Å²) in [6, 6.07) is 0. The summed E-state index contributed by atoms with van der Waals surface area (Å²) in [6.45, 7) is 4.99. The Balaban J connectivity index is 2.13. The van der Waals surface area contributed by atoms with Crippen molar-refractivity contribution in [2.24, 2.45) is 11.7 Å². The maximum absolute atomic E-state index is 11.3. The molecule has 0 aromatic rings. The van der Waals surface area contributed by atoms with Crippen molar-refractivity contribution >= 4 is 11.6 Å². The van der Waals surface area contributed by atoms with Gasteiger partial charge in [0.1, 0.15) is 0 Å². The first-order chi connectivity index (χ1) is 8.99. The van der Waals surface area contributed by atoms with Crippen LogP contribution in [0, 0.1) is 11.3 Å². The molecular weight excluding hydrogens is 238 g/mol. The summed E-state index contributed by atoms with van der Waals surface area (Å²) in [6.07, 6.45) is 7.73. The van der Waals surface area contributed by atoms with Crippen molar-refractivity contribution in [2.75, 3.05) is 13.1 Å². The number of hydrogen-bond acceptors (Lipinski definition) is 3. The third-order valence-corrected chi connectivity index (χ3v) is 3.72. The van der Waals surface area contributed by atoms with Gasteiger partial charge in [-0.2, -0.15) is 0 Å². The molecule has 102 valence electrons. The topological polar surface area (TPSA) is 70.2 Å². The van der Waals surface area contributed by atoms with Crippen molar-refractivity contribution in [1.29, 1.82) is 5.41 Å². The first kappa shape index (κ1) is 13.6. The van der Waals surface area contributed by atoms with Gasteiger partial charge in [-0.1, -0.05) is 25.2 Å². The summed E-state index contributed by atoms with van der Waals surface area (Å²) in [5.74, 6) is 0.521. The molecule has 0 radical (unpaired) electrons. The van der Waals surface area contributed by atoms with Crippen LogP contribution in [0.25, 0.3) is 0 Å². The van der Waals surface area contributed by atoms with E-state index in [1.165, 1.54) is 0 Å². The summed E-state index contributed by atoms with van der Waals surface area (Å²) < 4.78 is 0. The normalized spacial score (nSPS) is 23.4. The van der Waals surface area contributed by atoms with Crippen molar-refractivity contribution in [3.63, 3.8) is 0 Å². The van der Waals surface area contributed by atoms with Gasteiger partial charge in [-0.3, -0.25) is 10.2 Å². The Bertz CT molecular complexity index is 500. The molecule has 1 heterocycles. The summed E-state index contributed by atoms with van der Waals surface area (Å²) in [7, 11) is 0. The second-order valence-electron chi connectivity index (χ2n) is 5.27. The number of carbonyl (C=O) groups is 1. The molecule has 0 bridgehead atoms. The van der Waals surface area contributed by atoms with Gasteiger partial charge in [0.2, 0.25) is 5.91 Å². The summed E-state index contributed by atoms with van der Waals surface area (Å²) in [4.78, 5) is 13.1. The number of rotatable bonds is 2. The lowest BCUT2D eigenvalue weighted by Gasteiger charge is -2.27. The SMILES string of the molecule is CC(=O)N1CC=C(C(=N)C2=CC(C)CC=C2N)CC1. The van der Waals surface area contributed by atoms with Crippen LogP contribution in [0.2, 0.25) is 0 Å². The van der Waals surface area contributed by atoms with Gasteiger partial charge in [0.25, 0.3) is 0 Å². The molecule has 1 atom stereocenters. The highest BCUT2D eigenvalue weighted by Crippen LogP contribution is 2.25. The van der Waals surface area contributed by atoms with Crippen molar-refractivity contribution in [3.05, 3.63) is 35.1 Å². The minimum absolute atomic E-state index is 0.0896. The van der Waals surface area contributed by atoms with Crippen LogP contribution >= 0.6 is 0 Å². The van der Waals surface area contributed by atoms with E-state index >= 15 is 0 Å². The van der Waals surface area contributed by atoms with Gasteiger partial charge in [0, 0.05) is 31.3 Å². The molecule has 0 fully saturated rings. The van der Waals surface area contributed by atoms with Gasteiger partial charge < -0.3 is 10.6 Å². The fourth-order valence-electron chi connectivity index (χ4n) is 2.45. The van der Waals surface area contributed by atoms with Gasteiger partial charge in [-0.05, 0) is 24.3 Å². The maximum atomic E-state index is 11.3. The Morgan fingerprint density at radius 2 is 2.21 bits per heavy atom. The molecule has 2 aliphatic rings. The third-order valence-electron chi connectivity index (χ3n) is 3.72. The molecular formula is C15H21N3O. The molecule has 2 rings (SSSR count). The van der Waals surface area contributed by atoms with Crippen molar-refractivity contribution in [1.82, 2.24) is 4.90 Å².